The first kappa shape index (κ1) is 15.9. The average Bonchev–Trinajstić information content (AvgIpc) is 3.01. The summed E-state index contributed by atoms with van der Waals surface area (Å²) in [5.74, 6) is 0.590. The fraction of sp³-hybridized carbons (Fsp3) is 0.125. The molecule has 7 nitrogen and oxygen atoms in total. The van der Waals surface area contributed by atoms with Gasteiger partial charge in [0.2, 0.25) is 0 Å². The summed E-state index contributed by atoms with van der Waals surface area (Å²) >= 11 is 1.56. The van der Waals surface area contributed by atoms with Gasteiger partial charge in [0.15, 0.2) is 0 Å². The van der Waals surface area contributed by atoms with Crippen LogP contribution in [0.15, 0.2) is 48.9 Å². The van der Waals surface area contributed by atoms with Crippen molar-refractivity contribution in [2.24, 2.45) is 0 Å². The lowest BCUT2D eigenvalue weighted by atomic mass is 10.3. The Kier molecular flexibility index (Phi) is 4.97. The normalized spacial score (nSPS) is 10.2. The first-order chi connectivity index (χ1) is 11.7. The molecule has 3 aromatic rings. The van der Waals surface area contributed by atoms with Crippen molar-refractivity contribution in [3.8, 4) is 11.8 Å². The van der Waals surface area contributed by atoms with Crippen molar-refractivity contribution < 1.29 is 9.53 Å². The van der Waals surface area contributed by atoms with Crippen molar-refractivity contribution in [2.75, 3.05) is 5.32 Å². The molecule has 8 heteroatoms. The lowest BCUT2D eigenvalue weighted by molar-refractivity contribution is 0.252. The maximum atomic E-state index is 11.9. The standard InChI is InChI=1S/C16H15N5O2S/c1-11-19-9-14(24-11)10-20-15(22)21-12-3-5-13(6-4-12)23-16-17-7-2-8-18-16/h2-9H,10H2,1H3,(H2,20,21,22). The van der Waals surface area contributed by atoms with Crippen LogP contribution in [0.5, 0.6) is 11.8 Å². The van der Waals surface area contributed by atoms with Gasteiger partial charge in [-0.15, -0.1) is 11.3 Å². The molecule has 0 saturated carbocycles. The van der Waals surface area contributed by atoms with E-state index in [0.717, 1.165) is 9.88 Å². The molecule has 2 heterocycles. The number of rotatable bonds is 5. The van der Waals surface area contributed by atoms with Gasteiger partial charge in [0.1, 0.15) is 5.75 Å². The number of hydrogen-bond acceptors (Lipinski definition) is 6. The third-order valence-electron chi connectivity index (χ3n) is 2.96. The summed E-state index contributed by atoms with van der Waals surface area (Å²) in [4.78, 5) is 25.0. The molecular formula is C16H15N5O2S. The maximum Gasteiger partial charge on any atom is 0.321 e. The molecule has 2 amide bonds. The number of carbonyl (C=O) groups is 1. The topological polar surface area (TPSA) is 89.0 Å². The van der Waals surface area contributed by atoms with Crippen LogP contribution in [0.2, 0.25) is 0 Å². The Morgan fingerprint density at radius 3 is 2.58 bits per heavy atom. The van der Waals surface area contributed by atoms with E-state index in [0.29, 0.717) is 18.0 Å². The number of ether oxygens (including phenoxy) is 1. The molecule has 0 aliphatic carbocycles. The van der Waals surface area contributed by atoms with E-state index >= 15 is 0 Å². The van der Waals surface area contributed by atoms with Gasteiger partial charge in [-0.3, -0.25) is 0 Å². The van der Waals surface area contributed by atoms with Crippen molar-refractivity contribution in [3.63, 3.8) is 0 Å². The Morgan fingerprint density at radius 2 is 1.92 bits per heavy atom. The van der Waals surface area contributed by atoms with Gasteiger partial charge in [-0.2, -0.15) is 0 Å². The fourth-order valence-corrected chi connectivity index (χ4v) is 2.61. The van der Waals surface area contributed by atoms with Crippen molar-refractivity contribution in [3.05, 3.63) is 58.8 Å². The molecular weight excluding hydrogens is 326 g/mol. The molecule has 0 aliphatic heterocycles. The summed E-state index contributed by atoms with van der Waals surface area (Å²) in [5, 5.41) is 6.52. The Morgan fingerprint density at radius 1 is 1.17 bits per heavy atom. The van der Waals surface area contributed by atoms with E-state index in [-0.39, 0.29) is 12.0 Å². The first-order valence-electron chi connectivity index (χ1n) is 7.20. The fourth-order valence-electron chi connectivity index (χ4n) is 1.88. The van der Waals surface area contributed by atoms with Crippen LogP contribution in [0.1, 0.15) is 9.88 Å². The van der Waals surface area contributed by atoms with Crippen LogP contribution in [0.4, 0.5) is 10.5 Å². The van der Waals surface area contributed by atoms with Crippen molar-refractivity contribution in [1.82, 2.24) is 20.3 Å². The first-order valence-corrected chi connectivity index (χ1v) is 8.02. The van der Waals surface area contributed by atoms with Gasteiger partial charge >= 0.3 is 12.0 Å². The Hall–Kier alpha value is -3.00. The number of benzene rings is 1. The monoisotopic (exact) mass is 341 g/mol. The SMILES string of the molecule is Cc1ncc(CNC(=O)Nc2ccc(Oc3ncccn3)cc2)s1. The highest BCUT2D eigenvalue weighted by atomic mass is 32.1. The number of thiazole rings is 1. The number of nitrogens with zero attached hydrogens (tertiary/aromatic N) is 3. The van der Waals surface area contributed by atoms with Crippen LogP contribution in [-0.2, 0) is 6.54 Å². The molecule has 3 rings (SSSR count). The molecule has 0 aliphatic rings. The van der Waals surface area contributed by atoms with Gasteiger partial charge in [-0.25, -0.2) is 19.7 Å². The summed E-state index contributed by atoms with van der Waals surface area (Å²) in [7, 11) is 0. The third kappa shape index (κ3) is 4.50. The highest BCUT2D eigenvalue weighted by Crippen LogP contribution is 2.19. The molecule has 1 aromatic carbocycles. The zero-order valence-corrected chi connectivity index (χ0v) is 13.7. The molecule has 0 bridgehead atoms. The summed E-state index contributed by atoms with van der Waals surface area (Å²) in [5.41, 5.74) is 0.661. The van der Waals surface area contributed by atoms with Crippen LogP contribution < -0.4 is 15.4 Å². The quantitative estimate of drug-likeness (QED) is 0.743. The van der Waals surface area contributed by atoms with Gasteiger partial charge in [-0.1, -0.05) is 0 Å². The van der Waals surface area contributed by atoms with Crippen LogP contribution in [0, 0.1) is 6.92 Å². The Balaban J connectivity index is 1.51. The number of hydrogen-bond donors (Lipinski definition) is 2. The predicted octanol–water partition coefficient (Wildman–Crippen LogP) is 3.36. The number of aryl methyl sites for hydroxylation is 1. The molecule has 24 heavy (non-hydrogen) atoms. The smallest absolute Gasteiger partial charge is 0.321 e. The number of anilines is 1. The Bertz CT molecular complexity index is 805. The largest absolute Gasteiger partial charge is 0.424 e. The number of urea groups is 1. The van der Waals surface area contributed by atoms with Gasteiger partial charge < -0.3 is 15.4 Å². The van der Waals surface area contributed by atoms with Gasteiger partial charge in [0.25, 0.3) is 0 Å². The van der Waals surface area contributed by atoms with Gasteiger partial charge in [-0.05, 0) is 37.3 Å². The lowest BCUT2D eigenvalue weighted by Crippen LogP contribution is -2.27. The predicted molar refractivity (Wildman–Crippen MR) is 91.3 cm³/mol. The van der Waals surface area contributed by atoms with Crippen LogP contribution >= 0.6 is 11.3 Å². The van der Waals surface area contributed by atoms with E-state index in [1.54, 1.807) is 60.3 Å². The molecule has 0 atom stereocenters. The summed E-state index contributed by atoms with van der Waals surface area (Å²) in [6, 6.07) is 8.67. The number of nitrogens with one attached hydrogen (secondary N) is 2. The minimum atomic E-state index is -0.277. The molecule has 0 fully saturated rings. The van der Waals surface area contributed by atoms with Crippen molar-refractivity contribution in [2.45, 2.75) is 13.5 Å². The van der Waals surface area contributed by atoms with Crippen LogP contribution in [0.25, 0.3) is 0 Å². The van der Waals surface area contributed by atoms with E-state index in [1.807, 2.05) is 6.92 Å². The second-order valence-electron chi connectivity index (χ2n) is 4.81. The second kappa shape index (κ2) is 7.51. The number of carbonyl (C=O) groups excluding carboxylic acids is 1. The van der Waals surface area contributed by atoms with E-state index < -0.39 is 0 Å². The van der Waals surface area contributed by atoms with Crippen molar-refractivity contribution >= 4 is 23.1 Å². The highest BCUT2D eigenvalue weighted by molar-refractivity contribution is 7.11. The molecule has 0 radical (unpaired) electrons. The minimum absolute atomic E-state index is 0.274. The molecule has 2 aromatic heterocycles. The zero-order chi connectivity index (χ0) is 16.8. The van der Waals surface area contributed by atoms with Crippen molar-refractivity contribution in [1.29, 1.82) is 0 Å². The number of amides is 2. The van der Waals surface area contributed by atoms with E-state index in [2.05, 4.69) is 25.6 Å². The Labute approximate surface area is 142 Å². The average molecular weight is 341 g/mol. The lowest BCUT2D eigenvalue weighted by Gasteiger charge is -2.08. The molecule has 122 valence electrons. The third-order valence-corrected chi connectivity index (χ3v) is 3.87. The highest BCUT2D eigenvalue weighted by Gasteiger charge is 2.04. The second-order valence-corrected chi connectivity index (χ2v) is 6.13. The van der Waals surface area contributed by atoms with E-state index in [4.69, 9.17) is 4.74 Å². The molecule has 0 spiro atoms. The molecule has 0 unspecified atom stereocenters. The summed E-state index contributed by atoms with van der Waals surface area (Å²) in [6.45, 7) is 2.38. The maximum absolute atomic E-state index is 11.9. The van der Waals surface area contributed by atoms with E-state index in [1.165, 1.54) is 0 Å². The summed E-state index contributed by atoms with van der Waals surface area (Å²) < 4.78 is 5.49. The molecule has 2 N–H and O–H groups in total. The van der Waals surface area contributed by atoms with E-state index in [9.17, 15) is 4.79 Å². The molecule has 0 saturated heterocycles. The van der Waals surface area contributed by atoms with Crippen LogP contribution in [-0.4, -0.2) is 21.0 Å². The van der Waals surface area contributed by atoms with Gasteiger partial charge in [0.05, 0.1) is 11.6 Å². The number of aromatic nitrogens is 3. The summed E-state index contributed by atoms with van der Waals surface area (Å²) in [6.07, 6.45) is 4.97. The van der Waals surface area contributed by atoms with Crippen LogP contribution in [0.3, 0.4) is 0 Å². The zero-order valence-electron chi connectivity index (χ0n) is 12.9. The minimum Gasteiger partial charge on any atom is -0.424 e. The van der Waals surface area contributed by atoms with Gasteiger partial charge in [0, 0.05) is 29.2 Å².